The van der Waals surface area contributed by atoms with Gasteiger partial charge < -0.3 is 0 Å². The first kappa shape index (κ1) is 24.0. The Morgan fingerprint density at radius 1 is 0.474 bits per heavy atom. The minimum atomic E-state index is 0.105. The molecule has 0 saturated carbocycles. The van der Waals surface area contributed by atoms with E-state index in [2.05, 4.69) is 162 Å². The van der Waals surface area contributed by atoms with Crippen molar-refractivity contribution in [3.05, 3.63) is 179 Å². The van der Waals surface area contributed by atoms with Gasteiger partial charge in [-0.2, -0.15) is 0 Å². The summed E-state index contributed by atoms with van der Waals surface area (Å²) in [5.74, 6) is 7.70. The van der Waals surface area contributed by atoms with E-state index in [1.165, 1.54) is 22.3 Å². The molecule has 6 rings (SSSR count). The molecule has 0 aliphatic carbocycles. The number of likely N-dealkylation sites (tertiary alicyclic amines) is 1. The van der Waals surface area contributed by atoms with Gasteiger partial charge in [-0.15, -0.1) is 0 Å². The normalized spacial score (nSPS) is 20.9. The van der Waals surface area contributed by atoms with Crippen LogP contribution in [0.5, 0.6) is 0 Å². The molecular weight excluding hydrogens is 458 g/mol. The molecule has 0 radical (unpaired) electrons. The minimum absolute atomic E-state index is 0.105. The second kappa shape index (κ2) is 11.3. The van der Waals surface area contributed by atoms with Gasteiger partial charge in [0.25, 0.3) is 0 Å². The fourth-order valence-corrected chi connectivity index (χ4v) is 5.99. The van der Waals surface area contributed by atoms with Crippen LogP contribution >= 0.6 is 0 Å². The molecule has 1 nitrogen and oxygen atoms in total. The second-order valence-corrected chi connectivity index (χ2v) is 9.97. The van der Waals surface area contributed by atoms with Gasteiger partial charge >= 0.3 is 0 Å². The molecule has 1 heteroatoms. The van der Waals surface area contributed by atoms with Gasteiger partial charge in [0.2, 0.25) is 0 Å². The smallest absolute Gasteiger partial charge is 0.0502 e. The molecule has 1 aliphatic rings. The molecule has 0 spiro atoms. The maximum Gasteiger partial charge on any atom is 0.0502 e. The van der Waals surface area contributed by atoms with Crippen LogP contribution in [0.25, 0.3) is 0 Å². The van der Waals surface area contributed by atoms with Crippen molar-refractivity contribution in [3.63, 3.8) is 0 Å². The van der Waals surface area contributed by atoms with E-state index in [0.29, 0.717) is 0 Å². The average Bonchev–Trinajstić information content (AvgIpc) is 3.32. The van der Waals surface area contributed by atoms with Crippen molar-refractivity contribution >= 4 is 0 Å². The minimum Gasteiger partial charge on any atom is -0.283 e. The van der Waals surface area contributed by atoms with Crippen LogP contribution < -0.4 is 0 Å². The maximum absolute atomic E-state index is 3.82. The van der Waals surface area contributed by atoms with Crippen LogP contribution in [0, 0.1) is 17.8 Å². The predicted molar refractivity (Wildman–Crippen MR) is 156 cm³/mol. The molecule has 0 bridgehead atoms. The molecule has 0 N–H and O–H groups in total. The fraction of sp³-hybridized carbons (Fsp3) is 0.135. The summed E-state index contributed by atoms with van der Waals surface area (Å²) in [6.07, 6.45) is 0. The Labute approximate surface area is 226 Å². The number of benzene rings is 5. The van der Waals surface area contributed by atoms with Crippen LogP contribution in [0.4, 0.5) is 0 Å². The molecular formula is C37H31N. The van der Waals surface area contributed by atoms with Crippen LogP contribution in [0.2, 0.25) is 0 Å². The van der Waals surface area contributed by atoms with Crippen LogP contribution in [-0.4, -0.2) is 4.90 Å². The first-order valence-electron chi connectivity index (χ1n) is 13.4. The Bertz CT molecular complexity index is 1490. The van der Waals surface area contributed by atoms with E-state index < -0.39 is 0 Å². The van der Waals surface area contributed by atoms with Crippen molar-refractivity contribution in [2.45, 2.75) is 24.5 Å². The molecule has 1 fully saturated rings. The van der Waals surface area contributed by atoms with Crippen molar-refractivity contribution in [2.24, 2.45) is 5.92 Å². The Kier molecular flexibility index (Phi) is 7.16. The van der Waals surface area contributed by atoms with Crippen LogP contribution in [0.3, 0.4) is 0 Å². The van der Waals surface area contributed by atoms with Gasteiger partial charge in [0.05, 0.1) is 6.04 Å². The Morgan fingerprint density at radius 2 is 0.921 bits per heavy atom. The third kappa shape index (κ3) is 5.05. The molecule has 0 amide bonds. The fourth-order valence-electron chi connectivity index (χ4n) is 5.99. The molecule has 5 aromatic carbocycles. The van der Waals surface area contributed by atoms with Gasteiger partial charge in [-0.1, -0.05) is 151 Å². The lowest BCUT2D eigenvalue weighted by atomic mass is 9.78. The van der Waals surface area contributed by atoms with Crippen LogP contribution in [0.1, 0.15) is 45.8 Å². The predicted octanol–water partition coefficient (Wildman–Crippen LogP) is 8.44. The summed E-state index contributed by atoms with van der Waals surface area (Å²) >= 11 is 0. The van der Waals surface area contributed by atoms with Crippen LogP contribution in [-0.2, 0) is 6.54 Å². The highest BCUT2D eigenvalue weighted by Crippen LogP contribution is 2.56. The number of nitrogens with zero attached hydrogens (tertiary/aromatic N) is 1. The van der Waals surface area contributed by atoms with E-state index in [1.807, 2.05) is 6.07 Å². The van der Waals surface area contributed by atoms with E-state index in [1.54, 1.807) is 0 Å². The molecule has 2 unspecified atom stereocenters. The SMILES string of the molecule is C(#CC1C(c2ccccc2)[C@@H](c2ccccc2)N(Cc2ccccc2)[C@H]1c1ccccc1)c1ccccc1. The number of rotatable bonds is 5. The van der Waals surface area contributed by atoms with E-state index in [-0.39, 0.29) is 23.9 Å². The van der Waals surface area contributed by atoms with E-state index in [0.717, 1.165) is 12.1 Å². The van der Waals surface area contributed by atoms with Crippen molar-refractivity contribution in [1.82, 2.24) is 4.90 Å². The zero-order valence-corrected chi connectivity index (χ0v) is 21.4. The topological polar surface area (TPSA) is 3.24 Å². The van der Waals surface area contributed by atoms with Gasteiger partial charge in [-0.3, -0.25) is 4.90 Å². The van der Waals surface area contributed by atoms with Gasteiger partial charge in [0.1, 0.15) is 0 Å². The monoisotopic (exact) mass is 489 g/mol. The highest BCUT2D eigenvalue weighted by molar-refractivity contribution is 5.42. The summed E-state index contributed by atoms with van der Waals surface area (Å²) in [5, 5.41) is 0. The van der Waals surface area contributed by atoms with E-state index in [9.17, 15) is 0 Å². The van der Waals surface area contributed by atoms with Crippen molar-refractivity contribution in [2.75, 3.05) is 0 Å². The Hall–Kier alpha value is -4.38. The lowest BCUT2D eigenvalue weighted by molar-refractivity contribution is 0.175. The summed E-state index contributed by atoms with van der Waals surface area (Å²) in [6, 6.07) is 54.5. The first-order valence-corrected chi connectivity index (χ1v) is 13.4. The molecule has 184 valence electrons. The molecule has 0 aromatic heterocycles. The summed E-state index contributed by atoms with van der Waals surface area (Å²) < 4.78 is 0. The average molecular weight is 490 g/mol. The lowest BCUT2D eigenvalue weighted by Crippen LogP contribution is -2.28. The third-order valence-corrected chi connectivity index (χ3v) is 7.61. The first-order chi connectivity index (χ1) is 18.9. The Morgan fingerprint density at radius 3 is 1.47 bits per heavy atom. The van der Waals surface area contributed by atoms with Crippen molar-refractivity contribution < 1.29 is 0 Å². The molecule has 38 heavy (non-hydrogen) atoms. The standard InChI is InChI=1S/C37H31N/c1-6-16-29(17-7-1)26-27-34-35(31-20-10-3-11-21-31)37(33-24-14-5-15-25-33)38(28-30-18-8-2-9-19-30)36(34)32-22-12-4-13-23-32/h1-25,34-37H,28H2/t34?,35?,36-,37+/m0/s1. The summed E-state index contributed by atoms with van der Waals surface area (Å²) in [5.41, 5.74) is 6.37. The van der Waals surface area contributed by atoms with Gasteiger partial charge in [0, 0.05) is 30.0 Å². The lowest BCUT2D eigenvalue weighted by Gasteiger charge is -2.32. The van der Waals surface area contributed by atoms with E-state index >= 15 is 0 Å². The van der Waals surface area contributed by atoms with Crippen molar-refractivity contribution in [3.8, 4) is 11.8 Å². The molecule has 1 heterocycles. The summed E-state index contributed by atoms with van der Waals surface area (Å²) in [7, 11) is 0. The molecule has 5 aromatic rings. The van der Waals surface area contributed by atoms with Gasteiger partial charge in [0.15, 0.2) is 0 Å². The van der Waals surface area contributed by atoms with Crippen LogP contribution in [0.15, 0.2) is 152 Å². The summed E-state index contributed by atoms with van der Waals surface area (Å²) in [6.45, 7) is 0.854. The largest absolute Gasteiger partial charge is 0.283 e. The number of hydrogen-bond acceptors (Lipinski definition) is 1. The quantitative estimate of drug-likeness (QED) is 0.224. The maximum atomic E-state index is 3.82. The second-order valence-electron chi connectivity index (χ2n) is 9.97. The van der Waals surface area contributed by atoms with Crippen molar-refractivity contribution in [1.29, 1.82) is 0 Å². The molecule has 4 atom stereocenters. The third-order valence-electron chi connectivity index (χ3n) is 7.61. The zero-order chi connectivity index (χ0) is 25.6. The Balaban J connectivity index is 1.57. The molecule has 1 aliphatic heterocycles. The van der Waals surface area contributed by atoms with Gasteiger partial charge in [-0.25, -0.2) is 0 Å². The van der Waals surface area contributed by atoms with Gasteiger partial charge in [-0.05, 0) is 34.4 Å². The molecule has 1 saturated heterocycles. The van der Waals surface area contributed by atoms with E-state index in [4.69, 9.17) is 0 Å². The number of hydrogen-bond donors (Lipinski definition) is 0. The highest BCUT2D eigenvalue weighted by Gasteiger charge is 2.49. The highest BCUT2D eigenvalue weighted by atomic mass is 15.2. The zero-order valence-electron chi connectivity index (χ0n) is 21.4. The summed E-state index contributed by atoms with van der Waals surface area (Å²) in [4.78, 5) is 2.70.